The molecule has 4 heteroatoms. The van der Waals surface area contributed by atoms with Gasteiger partial charge in [-0.25, -0.2) is 8.78 Å². The summed E-state index contributed by atoms with van der Waals surface area (Å²) in [5.41, 5.74) is 1.57. The monoisotopic (exact) mass is 276 g/mol. The molecule has 0 fully saturated rings. The molecule has 0 amide bonds. The number of likely N-dealkylation sites (N-methyl/N-ethyl adjacent to an activating group) is 1. The minimum atomic E-state index is -0.242. The van der Waals surface area contributed by atoms with Crippen LogP contribution < -0.4 is 5.32 Å². The highest BCUT2D eigenvalue weighted by atomic mass is 19.1. The van der Waals surface area contributed by atoms with Crippen molar-refractivity contribution >= 4 is 5.69 Å². The molecule has 1 N–H and O–H groups in total. The van der Waals surface area contributed by atoms with Crippen LogP contribution in [0.5, 0.6) is 0 Å². The molecule has 0 bridgehead atoms. The van der Waals surface area contributed by atoms with Gasteiger partial charge in [0.15, 0.2) is 0 Å². The molecular weight excluding hydrogens is 258 g/mol. The fourth-order valence-corrected chi connectivity index (χ4v) is 1.97. The van der Waals surface area contributed by atoms with E-state index in [4.69, 9.17) is 0 Å². The quantitative estimate of drug-likeness (QED) is 0.868. The van der Waals surface area contributed by atoms with E-state index < -0.39 is 0 Å². The van der Waals surface area contributed by atoms with Gasteiger partial charge in [-0.15, -0.1) is 0 Å². The van der Waals surface area contributed by atoms with E-state index in [0.29, 0.717) is 12.2 Å². The van der Waals surface area contributed by atoms with Crippen LogP contribution in [0.4, 0.5) is 14.5 Å². The Balaban J connectivity index is 1.76. The summed E-state index contributed by atoms with van der Waals surface area (Å²) in [6.45, 7) is 2.16. The Morgan fingerprint density at radius 2 is 1.70 bits per heavy atom. The standard InChI is InChI=1S/C16H18F2N2/c1-20(12-13-6-8-14(17)9-7-13)11-10-19-16-5-3-2-4-15(16)18/h2-9,19H,10-12H2,1H3. The van der Waals surface area contributed by atoms with E-state index in [9.17, 15) is 8.78 Å². The highest BCUT2D eigenvalue weighted by Crippen LogP contribution is 2.12. The van der Waals surface area contributed by atoms with Crippen molar-refractivity contribution < 1.29 is 8.78 Å². The van der Waals surface area contributed by atoms with Crippen molar-refractivity contribution in [3.05, 3.63) is 65.7 Å². The van der Waals surface area contributed by atoms with E-state index in [2.05, 4.69) is 10.2 Å². The predicted molar refractivity (Wildman–Crippen MR) is 77.6 cm³/mol. The van der Waals surface area contributed by atoms with E-state index in [0.717, 1.165) is 18.7 Å². The zero-order valence-corrected chi connectivity index (χ0v) is 11.4. The molecule has 2 rings (SSSR count). The van der Waals surface area contributed by atoms with Crippen LogP contribution in [0.2, 0.25) is 0 Å². The van der Waals surface area contributed by atoms with E-state index in [1.807, 2.05) is 7.05 Å². The third-order valence-electron chi connectivity index (χ3n) is 3.05. The molecule has 0 saturated carbocycles. The zero-order valence-electron chi connectivity index (χ0n) is 11.4. The van der Waals surface area contributed by atoms with Crippen molar-refractivity contribution in [3.63, 3.8) is 0 Å². The SMILES string of the molecule is CN(CCNc1ccccc1F)Cc1ccc(F)cc1. The first kappa shape index (κ1) is 14.5. The lowest BCUT2D eigenvalue weighted by atomic mass is 10.2. The molecular formula is C16H18F2N2. The fourth-order valence-electron chi connectivity index (χ4n) is 1.97. The molecule has 2 nitrogen and oxygen atoms in total. The lowest BCUT2D eigenvalue weighted by Gasteiger charge is -2.17. The first-order chi connectivity index (χ1) is 9.65. The Morgan fingerprint density at radius 1 is 1.00 bits per heavy atom. The summed E-state index contributed by atoms with van der Waals surface area (Å²) >= 11 is 0. The molecule has 0 aromatic heterocycles. The largest absolute Gasteiger partial charge is 0.381 e. The number of nitrogens with one attached hydrogen (secondary N) is 1. The van der Waals surface area contributed by atoms with Crippen LogP contribution in [0.3, 0.4) is 0 Å². The normalized spacial score (nSPS) is 10.8. The molecule has 0 heterocycles. The first-order valence-electron chi connectivity index (χ1n) is 6.56. The van der Waals surface area contributed by atoms with Crippen molar-refractivity contribution in [2.24, 2.45) is 0 Å². The maximum Gasteiger partial charge on any atom is 0.146 e. The number of nitrogens with zero attached hydrogens (tertiary/aromatic N) is 1. The van der Waals surface area contributed by atoms with Crippen LogP contribution in [0, 0.1) is 11.6 Å². The van der Waals surface area contributed by atoms with Crippen molar-refractivity contribution in [1.29, 1.82) is 0 Å². The Kier molecular flexibility index (Phi) is 5.07. The summed E-state index contributed by atoms with van der Waals surface area (Å²) in [6.07, 6.45) is 0. The minimum Gasteiger partial charge on any atom is -0.381 e. The second kappa shape index (κ2) is 7.01. The van der Waals surface area contributed by atoms with Crippen molar-refractivity contribution in [1.82, 2.24) is 4.90 Å². The molecule has 0 atom stereocenters. The average molecular weight is 276 g/mol. The zero-order chi connectivity index (χ0) is 14.4. The Bertz CT molecular complexity index is 540. The molecule has 0 saturated heterocycles. The molecule has 2 aromatic rings. The highest BCUT2D eigenvalue weighted by Gasteiger charge is 2.02. The molecule has 0 aliphatic heterocycles. The van der Waals surface area contributed by atoms with Gasteiger partial charge in [0.05, 0.1) is 5.69 Å². The van der Waals surface area contributed by atoms with Crippen molar-refractivity contribution in [3.8, 4) is 0 Å². The van der Waals surface area contributed by atoms with Gasteiger partial charge in [0.2, 0.25) is 0 Å². The van der Waals surface area contributed by atoms with Gasteiger partial charge < -0.3 is 10.2 Å². The van der Waals surface area contributed by atoms with Crippen LogP contribution in [0.15, 0.2) is 48.5 Å². The number of hydrogen-bond acceptors (Lipinski definition) is 2. The number of benzene rings is 2. The maximum absolute atomic E-state index is 13.4. The van der Waals surface area contributed by atoms with Crippen molar-refractivity contribution in [2.75, 3.05) is 25.5 Å². The number of para-hydroxylation sites is 1. The van der Waals surface area contributed by atoms with Gasteiger partial charge in [0, 0.05) is 19.6 Å². The van der Waals surface area contributed by atoms with E-state index in [-0.39, 0.29) is 11.6 Å². The summed E-state index contributed by atoms with van der Waals surface area (Å²) < 4.78 is 26.2. The molecule has 2 aromatic carbocycles. The third-order valence-corrected chi connectivity index (χ3v) is 3.05. The molecule has 106 valence electrons. The van der Waals surface area contributed by atoms with Crippen LogP contribution in [0.1, 0.15) is 5.56 Å². The second-order valence-electron chi connectivity index (χ2n) is 4.77. The summed E-state index contributed by atoms with van der Waals surface area (Å²) in [5, 5.41) is 3.06. The summed E-state index contributed by atoms with van der Waals surface area (Å²) in [6, 6.07) is 13.1. The predicted octanol–water partition coefficient (Wildman–Crippen LogP) is 3.51. The second-order valence-corrected chi connectivity index (χ2v) is 4.77. The number of rotatable bonds is 6. The Morgan fingerprint density at radius 3 is 2.40 bits per heavy atom. The smallest absolute Gasteiger partial charge is 0.146 e. The van der Waals surface area contributed by atoms with Crippen LogP contribution in [0.25, 0.3) is 0 Å². The van der Waals surface area contributed by atoms with Crippen LogP contribution >= 0.6 is 0 Å². The summed E-state index contributed by atoms with van der Waals surface area (Å²) in [5.74, 6) is -0.466. The van der Waals surface area contributed by atoms with E-state index in [1.54, 1.807) is 30.3 Å². The van der Waals surface area contributed by atoms with Gasteiger partial charge in [-0.1, -0.05) is 24.3 Å². The molecule has 0 spiro atoms. The lowest BCUT2D eigenvalue weighted by Crippen LogP contribution is -2.25. The molecule has 0 unspecified atom stereocenters. The lowest BCUT2D eigenvalue weighted by molar-refractivity contribution is 0.339. The summed E-state index contributed by atoms with van der Waals surface area (Å²) in [4.78, 5) is 2.10. The highest BCUT2D eigenvalue weighted by molar-refractivity contribution is 5.44. The van der Waals surface area contributed by atoms with Gasteiger partial charge in [-0.3, -0.25) is 0 Å². The van der Waals surface area contributed by atoms with Gasteiger partial charge >= 0.3 is 0 Å². The third kappa shape index (κ3) is 4.31. The van der Waals surface area contributed by atoms with Gasteiger partial charge in [-0.05, 0) is 36.9 Å². The average Bonchev–Trinajstić information content (AvgIpc) is 2.43. The molecule has 0 aliphatic rings. The molecule has 0 aliphatic carbocycles. The summed E-state index contributed by atoms with van der Waals surface area (Å²) in [7, 11) is 1.98. The molecule has 0 radical (unpaired) electrons. The Labute approximate surface area is 118 Å². The molecule has 20 heavy (non-hydrogen) atoms. The van der Waals surface area contributed by atoms with Crippen LogP contribution in [-0.2, 0) is 6.54 Å². The van der Waals surface area contributed by atoms with Gasteiger partial charge in [0.1, 0.15) is 11.6 Å². The van der Waals surface area contributed by atoms with Crippen LogP contribution in [-0.4, -0.2) is 25.0 Å². The van der Waals surface area contributed by atoms with Gasteiger partial charge in [0.25, 0.3) is 0 Å². The van der Waals surface area contributed by atoms with Crippen molar-refractivity contribution in [2.45, 2.75) is 6.54 Å². The number of halogens is 2. The fraction of sp³-hybridized carbons (Fsp3) is 0.250. The van der Waals surface area contributed by atoms with E-state index >= 15 is 0 Å². The number of anilines is 1. The Hall–Kier alpha value is -1.94. The minimum absolute atomic E-state index is 0.224. The van der Waals surface area contributed by atoms with E-state index in [1.165, 1.54) is 18.2 Å². The topological polar surface area (TPSA) is 15.3 Å². The first-order valence-corrected chi connectivity index (χ1v) is 6.56. The maximum atomic E-state index is 13.4. The number of hydrogen-bond donors (Lipinski definition) is 1. The van der Waals surface area contributed by atoms with Gasteiger partial charge in [-0.2, -0.15) is 0 Å².